The van der Waals surface area contributed by atoms with E-state index in [2.05, 4.69) is 18.8 Å². The highest BCUT2D eigenvalue weighted by Crippen LogP contribution is 2.27. The van der Waals surface area contributed by atoms with Gasteiger partial charge >= 0.3 is 11.9 Å². The molecular weight excluding hydrogens is 516 g/mol. The molecule has 224 valence electrons. The van der Waals surface area contributed by atoms with Gasteiger partial charge in [0.25, 0.3) is 0 Å². The molecule has 6 nitrogen and oxygen atoms in total. The van der Waals surface area contributed by atoms with Crippen LogP contribution in [0.2, 0.25) is 0 Å². The van der Waals surface area contributed by atoms with E-state index in [1.165, 1.54) is 108 Å². The molecule has 0 bridgehead atoms. The van der Waals surface area contributed by atoms with Crippen molar-refractivity contribution in [2.24, 2.45) is 0 Å². The van der Waals surface area contributed by atoms with E-state index in [4.69, 9.17) is 9.47 Å². The number of carboxylic acid groups (broad SMARTS) is 2. The first-order valence-electron chi connectivity index (χ1n) is 15.5. The second-order valence-electron chi connectivity index (χ2n) is 10.6. The average molecular weight is 565 g/mol. The van der Waals surface area contributed by atoms with Crippen LogP contribution in [0.5, 0.6) is 11.5 Å². The number of hydrogen-bond acceptors (Lipinski definition) is 4. The van der Waals surface area contributed by atoms with E-state index in [0.29, 0.717) is 24.5 Å². The lowest BCUT2D eigenvalue weighted by Crippen LogP contribution is -2.03. The van der Waals surface area contributed by atoms with E-state index in [1.54, 1.807) is 18.2 Å². The molecule has 0 heterocycles. The lowest BCUT2D eigenvalue weighted by Gasteiger charge is -2.09. The van der Waals surface area contributed by atoms with Crippen LogP contribution in [0.1, 0.15) is 136 Å². The Morgan fingerprint density at radius 1 is 0.683 bits per heavy atom. The number of ether oxygens (including phenoxy) is 2. The zero-order valence-corrected chi connectivity index (χ0v) is 24.8. The molecule has 0 radical (unpaired) electrons. The lowest BCUT2D eigenvalue weighted by molar-refractivity contribution is 0.0696. The van der Waals surface area contributed by atoms with Gasteiger partial charge < -0.3 is 19.7 Å². The van der Waals surface area contributed by atoms with E-state index in [-0.39, 0.29) is 16.9 Å². The largest absolute Gasteiger partial charge is 0.478 e. The van der Waals surface area contributed by atoms with E-state index in [0.717, 1.165) is 12.5 Å². The van der Waals surface area contributed by atoms with Crippen LogP contribution in [0.15, 0.2) is 42.5 Å². The fourth-order valence-corrected chi connectivity index (χ4v) is 4.70. The van der Waals surface area contributed by atoms with Gasteiger partial charge in [0.05, 0.1) is 16.7 Å². The van der Waals surface area contributed by atoms with Crippen LogP contribution in [-0.4, -0.2) is 35.4 Å². The zero-order chi connectivity index (χ0) is 29.5. The maximum Gasteiger partial charge on any atom is 0.335 e. The Labute approximate surface area is 246 Å². The van der Waals surface area contributed by atoms with Crippen molar-refractivity contribution >= 4 is 11.9 Å². The monoisotopic (exact) mass is 564 g/mol. The minimum absolute atomic E-state index is 0.122. The summed E-state index contributed by atoms with van der Waals surface area (Å²) in [6, 6.07) is 10.8. The minimum Gasteiger partial charge on any atom is -0.478 e. The number of benzene rings is 2. The fraction of sp³-hybridized carbons (Fsp3) is 0.543. The standard InChI is InChI=1S/C35H48O6/c1-2-3-4-5-6-7-8-9-10-11-12-13-14-15-16-19-24-40-25-20-22-29-21-17-18-23-33(29)41-32-27-30(34(36)37)26-31(28-32)35(38)39/h17-18,21,23,26-28H,2-16,19,24-25H2,1H3,(H,36,37)(H,38,39). The molecule has 0 saturated carbocycles. The quantitative estimate of drug-likeness (QED) is 0.109. The predicted molar refractivity (Wildman–Crippen MR) is 164 cm³/mol. The molecule has 2 aromatic carbocycles. The molecule has 2 N–H and O–H groups in total. The number of hydrogen-bond donors (Lipinski definition) is 2. The molecule has 0 aliphatic heterocycles. The lowest BCUT2D eigenvalue weighted by atomic mass is 10.0. The predicted octanol–water partition coefficient (Wildman–Crippen LogP) is 9.50. The molecule has 0 fully saturated rings. The number of carbonyl (C=O) groups is 2. The van der Waals surface area contributed by atoms with Crippen molar-refractivity contribution < 1.29 is 29.3 Å². The van der Waals surface area contributed by atoms with Crippen molar-refractivity contribution in [1.82, 2.24) is 0 Å². The topological polar surface area (TPSA) is 93.1 Å². The van der Waals surface area contributed by atoms with Gasteiger partial charge in [-0.3, -0.25) is 0 Å². The van der Waals surface area contributed by atoms with E-state index in [9.17, 15) is 19.8 Å². The number of unbranched alkanes of at least 4 members (excludes halogenated alkanes) is 15. The van der Waals surface area contributed by atoms with Crippen LogP contribution in [0.4, 0.5) is 0 Å². The molecule has 0 amide bonds. The van der Waals surface area contributed by atoms with Gasteiger partial charge in [0.1, 0.15) is 18.1 Å². The summed E-state index contributed by atoms with van der Waals surface area (Å²) in [5.74, 6) is 4.11. The normalized spacial score (nSPS) is 10.7. The molecule has 6 heteroatoms. The van der Waals surface area contributed by atoms with Crippen LogP contribution in [0, 0.1) is 11.8 Å². The molecule has 0 atom stereocenters. The summed E-state index contributed by atoms with van der Waals surface area (Å²) in [6.07, 6.45) is 21.4. The maximum absolute atomic E-state index is 11.4. The SMILES string of the molecule is CCCCCCCCCCCCCCCCCCOCC#Cc1ccccc1Oc1cc(C(=O)O)cc(C(=O)O)c1. The highest BCUT2D eigenvalue weighted by atomic mass is 16.5. The summed E-state index contributed by atoms with van der Waals surface area (Å²) < 4.78 is 11.5. The van der Waals surface area contributed by atoms with Gasteiger partial charge in [0.2, 0.25) is 0 Å². The average Bonchev–Trinajstić information content (AvgIpc) is 2.96. The fourth-order valence-electron chi connectivity index (χ4n) is 4.70. The smallest absolute Gasteiger partial charge is 0.335 e. The summed E-state index contributed by atoms with van der Waals surface area (Å²) in [5.41, 5.74) is 0.285. The van der Waals surface area contributed by atoms with Crippen molar-refractivity contribution in [2.45, 2.75) is 110 Å². The maximum atomic E-state index is 11.4. The Morgan fingerprint density at radius 3 is 1.68 bits per heavy atom. The Hall–Kier alpha value is -3.30. The highest BCUT2D eigenvalue weighted by Gasteiger charge is 2.13. The number of aromatic carboxylic acids is 2. The van der Waals surface area contributed by atoms with Crippen LogP contribution in [-0.2, 0) is 4.74 Å². The van der Waals surface area contributed by atoms with Gasteiger partial charge in [-0.25, -0.2) is 9.59 Å². The number of rotatable bonds is 22. The summed E-state index contributed by atoms with van der Waals surface area (Å²) in [5, 5.41) is 18.6. The van der Waals surface area contributed by atoms with Gasteiger partial charge in [0, 0.05) is 6.61 Å². The first kappa shape index (κ1) is 33.9. The molecule has 0 unspecified atom stereocenters. The van der Waals surface area contributed by atoms with Crippen LogP contribution in [0.3, 0.4) is 0 Å². The summed E-state index contributed by atoms with van der Waals surface area (Å²) in [4.78, 5) is 22.7. The molecule has 2 rings (SSSR count). The van der Waals surface area contributed by atoms with Crippen molar-refractivity contribution in [3.05, 3.63) is 59.2 Å². The Balaban J connectivity index is 1.57. The Bertz CT molecular complexity index is 1070. The highest BCUT2D eigenvalue weighted by molar-refractivity contribution is 5.94. The first-order valence-corrected chi connectivity index (χ1v) is 15.5. The minimum atomic E-state index is -1.23. The van der Waals surface area contributed by atoms with Crippen molar-refractivity contribution in [2.75, 3.05) is 13.2 Å². The Kier molecular flexibility index (Phi) is 17.7. The summed E-state index contributed by atoms with van der Waals surface area (Å²) >= 11 is 0. The molecule has 0 spiro atoms. The van der Waals surface area contributed by atoms with Gasteiger partial charge in [-0.2, -0.15) is 0 Å². The number of para-hydroxylation sites is 1. The van der Waals surface area contributed by atoms with Crippen LogP contribution in [0.25, 0.3) is 0 Å². The molecule has 0 aliphatic rings. The van der Waals surface area contributed by atoms with Crippen molar-refractivity contribution in [1.29, 1.82) is 0 Å². The molecule has 0 aromatic heterocycles. The molecule has 41 heavy (non-hydrogen) atoms. The Morgan fingerprint density at radius 2 is 1.17 bits per heavy atom. The van der Waals surface area contributed by atoms with E-state index < -0.39 is 11.9 Å². The molecular formula is C35H48O6. The molecule has 2 aromatic rings. The van der Waals surface area contributed by atoms with Gasteiger partial charge in [0.15, 0.2) is 0 Å². The third kappa shape index (κ3) is 15.3. The molecule has 0 aliphatic carbocycles. The van der Waals surface area contributed by atoms with Crippen LogP contribution >= 0.6 is 0 Å². The van der Waals surface area contributed by atoms with Crippen molar-refractivity contribution in [3.63, 3.8) is 0 Å². The second-order valence-corrected chi connectivity index (χ2v) is 10.6. The van der Waals surface area contributed by atoms with Crippen LogP contribution < -0.4 is 4.74 Å². The third-order valence-corrected chi connectivity index (χ3v) is 7.05. The van der Waals surface area contributed by atoms with E-state index >= 15 is 0 Å². The van der Waals surface area contributed by atoms with Crippen molar-refractivity contribution in [3.8, 4) is 23.3 Å². The summed E-state index contributed by atoms with van der Waals surface area (Å²) in [6.45, 7) is 3.27. The van der Waals surface area contributed by atoms with Gasteiger partial charge in [-0.15, -0.1) is 0 Å². The van der Waals surface area contributed by atoms with E-state index in [1.807, 2.05) is 6.07 Å². The molecule has 0 saturated heterocycles. The summed E-state index contributed by atoms with van der Waals surface area (Å²) in [7, 11) is 0. The zero-order valence-electron chi connectivity index (χ0n) is 24.8. The number of carboxylic acids is 2. The third-order valence-electron chi connectivity index (χ3n) is 7.05. The van der Waals surface area contributed by atoms with Gasteiger partial charge in [-0.05, 0) is 36.8 Å². The second kappa shape index (κ2) is 21.4. The first-order chi connectivity index (χ1) is 20.0. The van der Waals surface area contributed by atoms with Gasteiger partial charge in [-0.1, -0.05) is 127 Å².